The highest BCUT2D eigenvalue weighted by atomic mass is 35.5. The number of carbonyl (C=O) groups excluding carboxylic acids is 3. The van der Waals surface area contributed by atoms with Gasteiger partial charge in [-0.3, -0.25) is 19.2 Å². The van der Waals surface area contributed by atoms with Crippen molar-refractivity contribution in [3.05, 3.63) is 91.9 Å². The van der Waals surface area contributed by atoms with Gasteiger partial charge in [-0.05, 0) is 66.2 Å². The molecule has 1 fully saturated rings. The Kier molecular flexibility index (Phi) is 7.91. The fraction of sp³-hybridized carbons (Fsp3) is 0.200. The van der Waals surface area contributed by atoms with Gasteiger partial charge in [0.2, 0.25) is 11.8 Å². The Morgan fingerprint density at radius 1 is 0.953 bits per heavy atom. The summed E-state index contributed by atoms with van der Waals surface area (Å²) in [5.74, 6) is -1.14. The van der Waals surface area contributed by atoms with E-state index in [1.165, 1.54) is 23.8 Å². The number of amides is 3. The standard InChI is InChI=1S/C30H24ClN3O7S2/c1-39-19-10-6-17(7-11-19)32-22(35)14-41-20-12-3-15(13-21(20)40-2)23-24-26(42-27-25(23)43-30(38)33-27)29(37)34(28(24)36)18-8-4-16(31)5-9-18/h3-13,23-24,26H,14H2,1-2H3,(H,32,35)(H,33,38)/t23-,24-,26+/m0/s1. The van der Waals surface area contributed by atoms with Gasteiger partial charge in [-0.2, -0.15) is 0 Å². The molecule has 43 heavy (non-hydrogen) atoms. The number of thiazole rings is 1. The Morgan fingerprint density at radius 3 is 2.40 bits per heavy atom. The number of halogens is 1. The Labute approximate surface area is 258 Å². The summed E-state index contributed by atoms with van der Waals surface area (Å²) in [5.41, 5.74) is 1.68. The van der Waals surface area contributed by atoms with Crippen molar-refractivity contribution in [1.82, 2.24) is 4.98 Å². The van der Waals surface area contributed by atoms with Crippen LogP contribution in [0.4, 0.5) is 11.4 Å². The number of nitrogens with zero attached hydrogens (tertiary/aromatic N) is 1. The number of benzene rings is 3. The molecule has 0 saturated carbocycles. The van der Waals surface area contributed by atoms with Gasteiger partial charge in [0.15, 0.2) is 18.1 Å². The van der Waals surface area contributed by atoms with Crippen molar-refractivity contribution < 1.29 is 28.6 Å². The largest absolute Gasteiger partial charge is 0.497 e. The normalized spacial score (nSPS) is 19.0. The first kappa shape index (κ1) is 28.8. The van der Waals surface area contributed by atoms with Gasteiger partial charge in [0, 0.05) is 21.5 Å². The van der Waals surface area contributed by atoms with Crippen molar-refractivity contribution in [2.24, 2.45) is 5.92 Å². The summed E-state index contributed by atoms with van der Waals surface area (Å²) < 4.78 is 16.5. The van der Waals surface area contributed by atoms with E-state index in [4.69, 9.17) is 25.8 Å². The average molecular weight is 638 g/mol. The van der Waals surface area contributed by atoms with Gasteiger partial charge in [-0.1, -0.05) is 40.8 Å². The summed E-state index contributed by atoms with van der Waals surface area (Å²) in [6.45, 7) is -0.279. The lowest BCUT2D eigenvalue weighted by atomic mass is 9.83. The lowest BCUT2D eigenvalue weighted by molar-refractivity contribution is -0.122. The smallest absolute Gasteiger partial charge is 0.305 e. The molecule has 0 aliphatic carbocycles. The summed E-state index contributed by atoms with van der Waals surface area (Å²) in [4.78, 5) is 56.8. The van der Waals surface area contributed by atoms with E-state index in [2.05, 4.69) is 10.3 Å². The second kappa shape index (κ2) is 11.8. The van der Waals surface area contributed by atoms with E-state index in [1.54, 1.807) is 73.8 Å². The highest BCUT2D eigenvalue weighted by molar-refractivity contribution is 8.00. The molecule has 0 spiro atoms. The molecule has 3 aromatic carbocycles. The molecule has 220 valence electrons. The minimum absolute atomic E-state index is 0.272. The predicted octanol–water partition coefficient (Wildman–Crippen LogP) is 4.92. The SMILES string of the molecule is COc1ccc(NC(=O)COc2ccc([C@@H]3c4sc(=O)[nH]c4S[C@H]4C(=O)N(c5ccc(Cl)cc5)C(=O)[C@@H]34)cc2OC)cc1. The molecule has 0 radical (unpaired) electrons. The molecule has 3 heterocycles. The number of methoxy groups -OCH3 is 2. The maximum absolute atomic E-state index is 13.9. The number of rotatable bonds is 8. The van der Waals surface area contributed by atoms with Crippen LogP contribution < -0.4 is 29.3 Å². The van der Waals surface area contributed by atoms with Crippen LogP contribution in [0, 0.1) is 5.92 Å². The summed E-state index contributed by atoms with van der Waals surface area (Å²) in [7, 11) is 3.03. The van der Waals surface area contributed by atoms with Gasteiger partial charge in [0.1, 0.15) is 11.0 Å². The molecular weight excluding hydrogens is 614 g/mol. The number of nitrogens with one attached hydrogen (secondary N) is 2. The number of anilines is 2. The molecule has 3 atom stereocenters. The van der Waals surface area contributed by atoms with Gasteiger partial charge < -0.3 is 24.5 Å². The molecule has 3 amide bonds. The molecule has 2 aliphatic heterocycles. The number of hydrogen-bond acceptors (Lipinski definition) is 9. The minimum Gasteiger partial charge on any atom is -0.497 e. The number of aromatic nitrogens is 1. The first-order valence-electron chi connectivity index (χ1n) is 13.0. The summed E-state index contributed by atoms with van der Waals surface area (Å²) in [6, 6.07) is 18.5. The van der Waals surface area contributed by atoms with Crippen LogP contribution in [0.5, 0.6) is 17.2 Å². The Balaban J connectivity index is 1.27. The van der Waals surface area contributed by atoms with Crippen LogP contribution in [0.3, 0.4) is 0 Å². The summed E-state index contributed by atoms with van der Waals surface area (Å²) in [5, 5.41) is 3.07. The van der Waals surface area contributed by atoms with Crippen LogP contribution in [0.2, 0.25) is 5.02 Å². The van der Waals surface area contributed by atoms with Crippen LogP contribution in [0.25, 0.3) is 0 Å². The Hall–Kier alpha value is -4.26. The van der Waals surface area contributed by atoms with Crippen LogP contribution in [-0.4, -0.2) is 48.8 Å². The number of ether oxygens (including phenoxy) is 3. The molecule has 2 N–H and O–H groups in total. The number of thioether (sulfide) groups is 1. The lowest BCUT2D eigenvalue weighted by Crippen LogP contribution is -2.32. The Bertz CT molecular complexity index is 1770. The highest BCUT2D eigenvalue weighted by Gasteiger charge is 2.56. The molecular formula is C30H24ClN3O7S2. The van der Waals surface area contributed by atoms with Gasteiger partial charge in [-0.15, -0.1) is 0 Å². The van der Waals surface area contributed by atoms with Gasteiger partial charge >= 0.3 is 4.87 Å². The molecule has 1 saturated heterocycles. The lowest BCUT2D eigenvalue weighted by Gasteiger charge is -2.30. The molecule has 0 bridgehead atoms. The van der Waals surface area contributed by atoms with Crippen molar-refractivity contribution in [2.75, 3.05) is 31.0 Å². The molecule has 2 aliphatic rings. The van der Waals surface area contributed by atoms with Crippen molar-refractivity contribution in [3.63, 3.8) is 0 Å². The quantitative estimate of drug-likeness (QED) is 0.261. The Morgan fingerprint density at radius 2 is 1.70 bits per heavy atom. The first-order chi connectivity index (χ1) is 20.8. The maximum Gasteiger partial charge on any atom is 0.305 e. The van der Waals surface area contributed by atoms with Crippen LogP contribution in [0.1, 0.15) is 16.4 Å². The van der Waals surface area contributed by atoms with Gasteiger partial charge in [0.05, 0.1) is 30.9 Å². The van der Waals surface area contributed by atoms with Gasteiger partial charge in [-0.25, -0.2) is 4.90 Å². The third kappa shape index (κ3) is 5.49. The topological polar surface area (TPSA) is 127 Å². The van der Waals surface area contributed by atoms with Crippen molar-refractivity contribution in [1.29, 1.82) is 0 Å². The minimum atomic E-state index is -0.765. The van der Waals surface area contributed by atoms with Crippen LogP contribution in [-0.2, 0) is 14.4 Å². The van der Waals surface area contributed by atoms with Crippen molar-refractivity contribution in [3.8, 4) is 17.2 Å². The first-order valence-corrected chi connectivity index (χ1v) is 15.1. The third-order valence-corrected chi connectivity index (χ3v) is 9.84. The third-order valence-electron chi connectivity index (χ3n) is 7.19. The molecule has 1 aromatic heterocycles. The molecule has 13 heteroatoms. The predicted molar refractivity (Wildman–Crippen MR) is 164 cm³/mol. The fourth-order valence-electron chi connectivity index (χ4n) is 5.23. The van der Waals surface area contributed by atoms with Crippen LogP contribution in [0.15, 0.2) is 76.6 Å². The zero-order valence-corrected chi connectivity index (χ0v) is 25.2. The summed E-state index contributed by atoms with van der Waals surface area (Å²) in [6.07, 6.45) is 0. The molecule has 4 aromatic rings. The molecule has 6 rings (SSSR count). The van der Waals surface area contributed by atoms with E-state index < -0.39 is 17.1 Å². The summed E-state index contributed by atoms with van der Waals surface area (Å²) >= 11 is 8.24. The van der Waals surface area contributed by atoms with E-state index in [1.807, 2.05) is 0 Å². The van der Waals surface area contributed by atoms with E-state index in [-0.39, 0.29) is 29.2 Å². The highest BCUT2D eigenvalue weighted by Crippen LogP contribution is 2.53. The zero-order chi connectivity index (χ0) is 30.2. The van der Waals surface area contributed by atoms with E-state index in [0.29, 0.717) is 49.1 Å². The van der Waals surface area contributed by atoms with Crippen molar-refractivity contribution in [2.45, 2.75) is 16.2 Å². The monoisotopic (exact) mass is 637 g/mol. The number of carbonyl (C=O) groups is 3. The van der Waals surface area contributed by atoms with E-state index >= 15 is 0 Å². The molecule has 10 nitrogen and oxygen atoms in total. The maximum atomic E-state index is 13.9. The van der Waals surface area contributed by atoms with E-state index in [9.17, 15) is 19.2 Å². The number of aromatic amines is 1. The zero-order valence-electron chi connectivity index (χ0n) is 22.8. The fourth-order valence-corrected chi connectivity index (χ4v) is 7.87. The number of H-pyrrole nitrogens is 1. The number of hydrogen-bond donors (Lipinski definition) is 2. The average Bonchev–Trinajstić information content (AvgIpc) is 3.50. The number of fused-ring (bicyclic) bond motifs is 2. The van der Waals surface area contributed by atoms with E-state index in [0.717, 1.165) is 11.3 Å². The number of imide groups is 1. The second-order valence-corrected chi connectivity index (χ2v) is 12.3. The van der Waals surface area contributed by atoms with Crippen LogP contribution >= 0.6 is 34.7 Å². The molecule has 0 unspecified atom stereocenters. The second-order valence-electron chi connectivity index (χ2n) is 9.71. The van der Waals surface area contributed by atoms with Crippen molar-refractivity contribution >= 4 is 63.8 Å². The van der Waals surface area contributed by atoms with Gasteiger partial charge in [0.25, 0.3) is 5.91 Å².